The summed E-state index contributed by atoms with van der Waals surface area (Å²) in [5, 5.41) is 8.72. The lowest BCUT2D eigenvalue weighted by Gasteiger charge is -2.41. The molecule has 98 valence electrons. The SMILES string of the molecule is CN1CCCC(S(=O)(=O)C2(C(=O)O)CCC2)C1. The molecule has 1 atom stereocenters. The van der Waals surface area contributed by atoms with E-state index in [0.717, 1.165) is 13.0 Å². The molecule has 1 aliphatic carbocycles. The lowest BCUT2D eigenvalue weighted by molar-refractivity contribution is -0.142. The Labute approximate surface area is 102 Å². The summed E-state index contributed by atoms with van der Waals surface area (Å²) in [6.07, 6.45) is 2.70. The number of carboxylic acids is 1. The van der Waals surface area contributed by atoms with Crippen LogP contribution in [-0.2, 0) is 14.6 Å². The van der Waals surface area contributed by atoms with Gasteiger partial charge in [0.2, 0.25) is 0 Å². The van der Waals surface area contributed by atoms with Gasteiger partial charge in [-0.25, -0.2) is 8.42 Å². The maximum absolute atomic E-state index is 12.5. The molecule has 0 aromatic heterocycles. The van der Waals surface area contributed by atoms with Crippen molar-refractivity contribution in [2.45, 2.75) is 42.1 Å². The van der Waals surface area contributed by atoms with Gasteiger partial charge >= 0.3 is 5.97 Å². The number of piperidine rings is 1. The zero-order valence-corrected chi connectivity index (χ0v) is 10.9. The predicted molar refractivity (Wildman–Crippen MR) is 63.7 cm³/mol. The van der Waals surface area contributed by atoms with Gasteiger partial charge in [0.15, 0.2) is 14.6 Å². The minimum atomic E-state index is -3.56. The van der Waals surface area contributed by atoms with Crippen LogP contribution in [0.15, 0.2) is 0 Å². The van der Waals surface area contributed by atoms with Gasteiger partial charge < -0.3 is 10.0 Å². The number of likely N-dealkylation sites (tertiary alicyclic amines) is 1. The summed E-state index contributed by atoms with van der Waals surface area (Å²) in [5.41, 5.74) is 0. The van der Waals surface area contributed by atoms with E-state index >= 15 is 0 Å². The fourth-order valence-corrected chi connectivity index (χ4v) is 5.48. The largest absolute Gasteiger partial charge is 0.480 e. The summed E-state index contributed by atoms with van der Waals surface area (Å²) >= 11 is 0. The molecule has 1 saturated carbocycles. The molecule has 1 saturated heterocycles. The fraction of sp³-hybridized carbons (Fsp3) is 0.909. The first-order valence-electron chi connectivity index (χ1n) is 6.05. The summed E-state index contributed by atoms with van der Waals surface area (Å²) in [5.74, 6) is -1.16. The van der Waals surface area contributed by atoms with Crippen LogP contribution >= 0.6 is 0 Å². The number of aliphatic carboxylic acids is 1. The van der Waals surface area contributed by atoms with Crippen LogP contribution in [0.25, 0.3) is 0 Å². The molecule has 0 aromatic rings. The molecule has 2 aliphatic rings. The Morgan fingerprint density at radius 3 is 2.41 bits per heavy atom. The van der Waals surface area contributed by atoms with Crippen molar-refractivity contribution in [3.63, 3.8) is 0 Å². The molecular formula is C11H19NO4S. The molecule has 2 rings (SSSR count). The van der Waals surface area contributed by atoms with Gasteiger partial charge in [0.25, 0.3) is 0 Å². The first-order chi connectivity index (χ1) is 7.90. The van der Waals surface area contributed by atoms with E-state index in [1.54, 1.807) is 0 Å². The molecule has 6 heteroatoms. The third-order valence-corrected chi connectivity index (χ3v) is 7.05. The minimum Gasteiger partial charge on any atom is -0.480 e. The maximum atomic E-state index is 12.5. The van der Waals surface area contributed by atoms with Crippen molar-refractivity contribution in [2.75, 3.05) is 20.1 Å². The molecule has 1 aliphatic heterocycles. The van der Waals surface area contributed by atoms with Crippen molar-refractivity contribution >= 4 is 15.8 Å². The Kier molecular flexibility index (Phi) is 3.20. The van der Waals surface area contributed by atoms with Crippen molar-refractivity contribution in [1.29, 1.82) is 0 Å². The molecule has 1 heterocycles. The van der Waals surface area contributed by atoms with Gasteiger partial charge in [-0.1, -0.05) is 0 Å². The smallest absolute Gasteiger partial charge is 0.325 e. The topological polar surface area (TPSA) is 74.7 Å². The Morgan fingerprint density at radius 2 is 2.00 bits per heavy atom. The second kappa shape index (κ2) is 4.24. The van der Waals surface area contributed by atoms with Crippen molar-refractivity contribution in [2.24, 2.45) is 0 Å². The number of hydrogen-bond donors (Lipinski definition) is 1. The second-order valence-corrected chi connectivity index (χ2v) is 7.76. The number of sulfone groups is 1. The van der Waals surface area contributed by atoms with Gasteiger partial charge in [-0.15, -0.1) is 0 Å². The van der Waals surface area contributed by atoms with Crippen molar-refractivity contribution in [1.82, 2.24) is 4.90 Å². The standard InChI is InChI=1S/C11H19NO4S/c1-12-7-2-4-9(8-12)17(15,16)11(10(13)14)5-3-6-11/h9H,2-8H2,1H3,(H,13,14). The molecule has 0 bridgehead atoms. The van der Waals surface area contributed by atoms with E-state index in [2.05, 4.69) is 0 Å². The number of carbonyl (C=O) groups is 1. The van der Waals surface area contributed by atoms with Crippen LogP contribution in [0.4, 0.5) is 0 Å². The van der Waals surface area contributed by atoms with Crippen molar-refractivity contribution < 1.29 is 18.3 Å². The van der Waals surface area contributed by atoms with Crippen LogP contribution in [0.1, 0.15) is 32.1 Å². The summed E-state index contributed by atoms with van der Waals surface area (Å²) in [4.78, 5) is 13.3. The second-order valence-electron chi connectivity index (χ2n) is 5.22. The van der Waals surface area contributed by atoms with Gasteiger partial charge in [0, 0.05) is 6.54 Å². The van der Waals surface area contributed by atoms with Gasteiger partial charge in [0.1, 0.15) is 0 Å². The lowest BCUT2D eigenvalue weighted by atomic mass is 9.84. The summed E-state index contributed by atoms with van der Waals surface area (Å²) in [7, 11) is -1.68. The van der Waals surface area contributed by atoms with Gasteiger partial charge in [-0.2, -0.15) is 0 Å². The minimum absolute atomic E-state index is 0.283. The number of nitrogens with zero attached hydrogens (tertiary/aromatic N) is 1. The number of rotatable bonds is 3. The number of carboxylic acid groups (broad SMARTS) is 1. The molecule has 0 radical (unpaired) electrons. The van der Waals surface area contributed by atoms with Crippen LogP contribution in [0.2, 0.25) is 0 Å². The van der Waals surface area contributed by atoms with E-state index in [1.165, 1.54) is 0 Å². The lowest BCUT2D eigenvalue weighted by Crippen LogP contribution is -2.57. The molecular weight excluding hydrogens is 242 g/mol. The molecule has 0 amide bonds. The van der Waals surface area contributed by atoms with Crippen molar-refractivity contribution in [3.8, 4) is 0 Å². The highest BCUT2D eigenvalue weighted by Crippen LogP contribution is 2.43. The van der Waals surface area contributed by atoms with E-state index < -0.39 is 25.8 Å². The maximum Gasteiger partial charge on any atom is 0.325 e. The predicted octanol–water partition coefficient (Wildman–Crippen LogP) is 0.503. The summed E-state index contributed by atoms with van der Waals surface area (Å²) in [6.45, 7) is 1.36. The van der Waals surface area contributed by atoms with Crippen LogP contribution < -0.4 is 0 Å². The first-order valence-corrected chi connectivity index (χ1v) is 7.60. The Bertz CT molecular complexity index is 413. The monoisotopic (exact) mass is 261 g/mol. The molecule has 0 aromatic carbocycles. The Morgan fingerprint density at radius 1 is 1.35 bits per heavy atom. The molecule has 17 heavy (non-hydrogen) atoms. The Balaban J connectivity index is 2.26. The highest BCUT2D eigenvalue weighted by Gasteiger charge is 2.58. The summed E-state index contributed by atoms with van der Waals surface area (Å²) < 4.78 is 23.5. The van der Waals surface area contributed by atoms with E-state index in [0.29, 0.717) is 19.4 Å². The quantitative estimate of drug-likeness (QED) is 0.801. The van der Waals surface area contributed by atoms with Crippen LogP contribution in [-0.4, -0.2) is 54.5 Å². The highest BCUT2D eigenvalue weighted by molar-refractivity contribution is 7.94. The van der Waals surface area contributed by atoms with Gasteiger partial charge in [-0.3, -0.25) is 4.79 Å². The van der Waals surface area contributed by atoms with Crippen LogP contribution in [0, 0.1) is 0 Å². The normalized spacial score (nSPS) is 29.6. The molecule has 5 nitrogen and oxygen atoms in total. The van der Waals surface area contributed by atoms with Crippen LogP contribution in [0.5, 0.6) is 0 Å². The molecule has 2 fully saturated rings. The van der Waals surface area contributed by atoms with E-state index in [-0.39, 0.29) is 12.8 Å². The average Bonchev–Trinajstić information content (AvgIpc) is 2.14. The summed E-state index contributed by atoms with van der Waals surface area (Å²) in [6, 6.07) is 0. The van der Waals surface area contributed by atoms with Gasteiger partial charge in [-0.05, 0) is 45.7 Å². The fourth-order valence-electron chi connectivity index (χ4n) is 2.81. The molecule has 0 spiro atoms. The third-order valence-electron chi connectivity index (χ3n) is 4.12. The molecule has 1 N–H and O–H groups in total. The first kappa shape index (κ1) is 12.8. The highest BCUT2D eigenvalue weighted by atomic mass is 32.2. The van der Waals surface area contributed by atoms with E-state index in [4.69, 9.17) is 0 Å². The van der Waals surface area contributed by atoms with Gasteiger partial charge in [0.05, 0.1) is 5.25 Å². The third kappa shape index (κ3) is 1.87. The average molecular weight is 261 g/mol. The number of hydrogen-bond acceptors (Lipinski definition) is 4. The molecule has 1 unspecified atom stereocenters. The van der Waals surface area contributed by atoms with E-state index in [1.807, 2.05) is 11.9 Å². The zero-order chi connectivity index (χ0) is 12.7. The van der Waals surface area contributed by atoms with Crippen LogP contribution in [0.3, 0.4) is 0 Å². The zero-order valence-electron chi connectivity index (χ0n) is 10.1. The van der Waals surface area contributed by atoms with Crippen molar-refractivity contribution in [3.05, 3.63) is 0 Å². The Hall–Kier alpha value is -0.620. The van der Waals surface area contributed by atoms with E-state index in [9.17, 15) is 18.3 Å².